The zero-order valence-corrected chi connectivity index (χ0v) is 10.4. The molecule has 0 aromatic heterocycles. The smallest absolute Gasteiger partial charge is 0.121 e. The third kappa shape index (κ3) is 3.34. The van der Waals surface area contributed by atoms with Crippen molar-refractivity contribution in [2.45, 2.75) is 18.9 Å². The van der Waals surface area contributed by atoms with E-state index in [2.05, 4.69) is 15.9 Å². The van der Waals surface area contributed by atoms with E-state index in [0.29, 0.717) is 27.9 Å². The first-order valence-electron chi connectivity index (χ1n) is 4.60. The Morgan fingerprint density at radius 3 is 2.73 bits per heavy atom. The number of hydrogen-bond donors (Lipinski definition) is 3. The number of halogens is 2. The summed E-state index contributed by atoms with van der Waals surface area (Å²) in [7, 11) is 0. The van der Waals surface area contributed by atoms with Crippen LogP contribution in [0.2, 0.25) is 5.02 Å². The summed E-state index contributed by atoms with van der Waals surface area (Å²) in [6, 6.07) is 2.86. The molecule has 3 nitrogen and oxygen atoms in total. The van der Waals surface area contributed by atoms with Gasteiger partial charge in [0.05, 0.1) is 5.02 Å². The van der Waals surface area contributed by atoms with Gasteiger partial charge in [0, 0.05) is 22.7 Å². The van der Waals surface area contributed by atoms with Crippen molar-refractivity contribution < 1.29 is 10.2 Å². The summed E-state index contributed by atoms with van der Waals surface area (Å²) < 4.78 is 0.639. The second-order valence-electron chi connectivity index (χ2n) is 3.30. The lowest BCUT2D eigenvalue weighted by atomic mass is 10.0. The van der Waals surface area contributed by atoms with Crippen LogP contribution in [0.25, 0.3) is 0 Å². The van der Waals surface area contributed by atoms with E-state index < -0.39 is 0 Å². The van der Waals surface area contributed by atoms with Crippen molar-refractivity contribution >= 4 is 27.5 Å². The highest BCUT2D eigenvalue weighted by Crippen LogP contribution is 2.33. The first kappa shape index (κ1) is 12.8. The van der Waals surface area contributed by atoms with Crippen molar-refractivity contribution in [2.75, 3.05) is 6.61 Å². The monoisotopic (exact) mass is 293 g/mol. The van der Waals surface area contributed by atoms with Crippen LogP contribution in [0.5, 0.6) is 5.75 Å². The highest BCUT2D eigenvalue weighted by Gasteiger charge is 2.13. The second kappa shape index (κ2) is 5.70. The Morgan fingerprint density at radius 2 is 2.13 bits per heavy atom. The molecule has 0 spiro atoms. The van der Waals surface area contributed by atoms with Crippen molar-refractivity contribution in [3.05, 3.63) is 27.2 Å². The molecule has 1 aromatic carbocycles. The summed E-state index contributed by atoms with van der Waals surface area (Å²) in [4.78, 5) is 0. The summed E-state index contributed by atoms with van der Waals surface area (Å²) >= 11 is 9.11. The molecule has 0 aliphatic carbocycles. The Labute approximate surface area is 102 Å². The lowest BCUT2D eigenvalue weighted by Gasteiger charge is -2.14. The summed E-state index contributed by atoms with van der Waals surface area (Å²) in [5, 5.41) is 18.8. The molecule has 0 bridgehead atoms. The Morgan fingerprint density at radius 1 is 1.47 bits per heavy atom. The van der Waals surface area contributed by atoms with E-state index in [9.17, 15) is 5.11 Å². The lowest BCUT2D eigenvalue weighted by Crippen LogP contribution is -2.11. The molecule has 5 heteroatoms. The Balaban J connectivity index is 2.88. The molecule has 0 aliphatic rings. The van der Waals surface area contributed by atoms with Crippen LogP contribution in [0.15, 0.2) is 16.6 Å². The first-order chi connectivity index (χ1) is 7.06. The van der Waals surface area contributed by atoms with Crippen LogP contribution >= 0.6 is 27.5 Å². The predicted molar refractivity (Wildman–Crippen MR) is 64.1 cm³/mol. The molecule has 1 rings (SSSR count). The van der Waals surface area contributed by atoms with Gasteiger partial charge in [-0.1, -0.05) is 11.6 Å². The van der Waals surface area contributed by atoms with Gasteiger partial charge in [-0.05, 0) is 40.9 Å². The minimum atomic E-state index is -0.303. The van der Waals surface area contributed by atoms with Gasteiger partial charge in [0.25, 0.3) is 0 Å². The van der Waals surface area contributed by atoms with E-state index in [-0.39, 0.29) is 18.4 Å². The molecule has 0 unspecified atom stereocenters. The van der Waals surface area contributed by atoms with Crippen molar-refractivity contribution in [1.82, 2.24) is 0 Å². The van der Waals surface area contributed by atoms with Gasteiger partial charge in [0.2, 0.25) is 0 Å². The van der Waals surface area contributed by atoms with E-state index in [0.717, 1.165) is 0 Å². The van der Waals surface area contributed by atoms with Crippen LogP contribution in [-0.2, 0) is 0 Å². The van der Waals surface area contributed by atoms with E-state index in [1.54, 1.807) is 6.07 Å². The maximum Gasteiger partial charge on any atom is 0.121 e. The fourth-order valence-electron chi connectivity index (χ4n) is 1.32. The molecule has 4 N–H and O–H groups in total. The molecule has 0 amide bonds. The molecule has 1 aromatic rings. The number of benzene rings is 1. The number of aliphatic hydroxyl groups is 1. The van der Waals surface area contributed by atoms with Gasteiger partial charge in [0.1, 0.15) is 5.75 Å². The van der Waals surface area contributed by atoms with Crippen LogP contribution in [-0.4, -0.2) is 16.8 Å². The molecule has 15 heavy (non-hydrogen) atoms. The molecular weight excluding hydrogens is 281 g/mol. The Bertz CT molecular complexity index is 346. The fraction of sp³-hybridized carbons (Fsp3) is 0.400. The normalized spacial score (nSPS) is 12.8. The molecule has 0 fully saturated rings. The third-order valence-electron chi connectivity index (χ3n) is 2.14. The van der Waals surface area contributed by atoms with E-state index >= 15 is 0 Å². The topological polar surface area (TPSA) is 66.5 Å². The SMILES string of the molecule is N[C@@H](CCCO)c1cc(Cl)c(Br)cc1O. The minimum absolute atomic E-state index is 0.0960. The number of phenolic OH excluding ortho intramolecular Hbond substituents is 1. The average molecular weight is 295 g/mol. The number of phenols is 1. The Hall–Kier alpha value is -0.290. The van der Waals surface area contributed by atoms with Crippen LogP contribution in [0.1, 0.15) is 24.4 Å². The lowest BCUT2D eigenvalue weighted by molar-refractivity contribution is 0.279. The summed E-state index contributed by atoms with van der Waals surface area (Å²) in [6.45, 7) is 0.0960. The number of aromatic hydroxyl groups is 1. The van der Waals surface area contributed by atoms with Gasteiger partial charge in [-0.3, -0.25) is 0 Å². The van der Waals surface area contributed by atoms with Gasteiger partial charge in [0.15, 0.2) is 0 Å². The zero-order chi connectivity index (χ0) is 11.4. The summed E-state index contributed by atoms with van der Waals surface area (Å²) in [5.41, 5.74) is 6.46. The first-order valence-corrected chi connectivity index (χ1v) is 5.77. The maximum atomic E-state index is 9.65. The molecule has 0 saturated carbocycles. The third-order valence-corrected chi connectivity index (χ3v) is 3.34. The van der Waals surface area contributed by atoms with Crippen LogP contribution in [0.4, 0.5) is 0 Å². The highest BCUT2D eigenvalue weighted by atomic mass is 79.9. The van der Waals surface area contributed by atoms with Gasteiger partial charge >= 0.3 is 0 Å². The number of nitrogens with two attached hydrogens (primary N) is 1. The van der Waals surface area contributed by atoms with Gasteiger partial charge < -0.3 is 15.9 Å². The van der Waals surface area contributed by atoms with Crippen LogP contribution in [0, 0.1) is 0 Å². The molecular formula is C10H13BrClNO2. The molecule has 0 radical (unpaired) electrons. The van der Waals surface area contributed by atoms with E-state index in [1.807, 2.05) is 0 Å². The second-order valence-corrected chi connectivity index (χ2v) is 4.56. The van der Waals surface area contributed by atoms with Crippen molar-refractivity contribution in [1.29, 1.82) is 0 Å². The number of hydrogen-bond acceptors (Lipinski definition) is 3. The Kier molecular flexibility index (Phi) is 4.86. The summed E-state index contributed by atoms with van der Waals surface area (Å²) in [6.07, 6.45) is 1.22. The highest BCUT2D eigenvalue weighted by molar-refractivity contribution is 9.10. The van der Waals surface area contributed by atoms with Crippen LogP contribution < -0.4 is 5.73 Å². The van der Waals surface area contributed by atoms with Gasteiger partial charge in [-0.15, -0.1) is 0 Å². The van der Waals surface area contributed by atoms with Crippen molar-refractivity contribution in [2.24, 2.45) is 5.73 Å². The van der Waals surface area contributed by atoms with E-state index in [4.69, 9.17) is 22.4 Å². The number of rotatable bonds is 4. The maximum absolute atomic E-state index is 9.65. The van der Waals surface area contributed by atoms with Crippen LogP contribution in [0.3, 0.4) is 0 Å². The molecule has 0 saturated heterocycles. The van der Waals surface area contributed by atoms with Gasteiger partial charge in [-0.2, -0.15) is 0 Å². The quantitative estimate of drug-likeness (QED) is 0.799. The molecule has 1 atom stereocenters. The zero-order valence-electron chi connectivity index (χ0n) is 8.08. The predicted octanol–water partition coefficient (Wildman–Crippen LogP) is 2.58. The molecule has 0 aliphatic heterocycles. The molecule has 0 heterocycles. The van der Waals surface area contributed by atoms with Crippen molar-refractivity contribution in [3.8, 4) is 5.75 Å². The summed E-state index contributed by atoms with van der Waals surface area (Å²) in [5.74, 6) is 0.122. The van der Waals surface area contributed by atoms with Gasteiger partial charge in [-0.25, -0.2) is 0 Å². The van der Waals surface area contributed by atoms with Crippen molar-refractivity contribution in [3.63, 3.8) is 0 Å². The number of aliphatic hydroxyl groups excluding tert-OH is 1. The average Bonchev–Trinajstić information content (AvgIpc) is 2.20. The molecule has 84 valence electrons. The standard InChI is InChI=1S/C10H13BrClNO2/c11-7-5-10(15)6(4-8(7)12)9(13)2-1-3-14/h4-5,9,14-15H,1-3,13H2/t9-/m0/s1. The fourth-order valence-corrected chi connectivity index (χ4v) is 1.82. The largest absolute Gasteiger partial charge is 0.508 e. The van der Waals surface area contributed by atoms with E-state index in [1.165, 1.54) is 6.07 Å². The minimum Gasteiger partial charge on any atom is -0.508 e.